The van der Waals surface area contributed by atoms with Gasteiger partial charge in [-0.3, -0.25) is 0 Å². The number of ether oxygens (including phenoxy) is 1. The Balaban J connectivity index is 2.68. The van der Waals surface area contributed by atoms with Gasteiger partial charge in [-0.2, -0.15) is 4.86 Å². The summed E-state index contributed by atoms with van der Waals surface area (Å²) in [7, 11) is 1.26. The van der Waals surface area contributed by atoms with E-state index in [2.05, 4.69) is 10.6 Å². The van der Waals surface area contributed by atoms with Crippen LogP contribution in [0.2, 0.25) is 0 Å². The molecule has 6 nitrogen and oxygen atoms in total. The summed E-state index contributed by atoms with van der Waals surface area (Å²) < 4.78 is 4.82. The van der Waals surface area contributed by atoms with Crippen LogP contribution in [0.25, 0.3) is 0 Å². The number of nitrogens with zero attached hydrogens (tertiary/aromatic N) is 2. The summed E-state index contributed by atoms with van der Waals surface area (Å²) in [5.41, 5.74) is 3.61. The molecule has 6 heteroatoms. The number of hydrogen-bond donors (Lipinski definition) is 1. The van der Waals surface area contributed by atoms with Crippen LogP contribution in [0.4, 0.5) is 5.69 Å². The third-order valence-corrected chi connectivity index (χ3v) is 1.72. The first-order valence-corrected chi connectivity index (χ1v) is 4.78. The summed E-state index contributed by atoms with van der Waals surface area (Å²) in [6.07, 6.45) is 0. The van der Waals surface area contributed by atoms with E-state index in [-0.39, 0.29) is 5.97 Å². The molecule has 1 aromatic carbocycles. The molecule has 0 amide bonds. The largest absolute Gasteiger partial charge is 0.696 e. The zero-order valence-corrected chi connectivity index (χ0v) is 9.14. The molecule has 0 unspecified atom stereocenters. The van der Waals surface area contributed by atoms with E-state index < -0.39 is 0 Å². The van der Waals surface area contributed by atoms with Gasteiger partial charge in [0.1, 0.15) is 12.7 Å². The Kier molecular flexibility index (Phi) is 4.26. The van der Waals surface area contributed by atoms with Crippen molar-refractivity contribution in [2.24, 2.45) is 5.22 Å². The molecule has 0 saturated heterocycles. The van der Waals surface area contributed by atoms with Crippen molar-refractivity contribution in [3.05, 3.63) is 35.0 Å². The molecule has 1 rings (SSSR count). The van der Waals surface area contributed by atoms with Gasteiger partial charge < -0.3 is 9.94 Å². The second-order valence-electron chi connectivity index (χ2n) is 2.97. The molecule has 0 aromatic heterocycles. The lowest BCUT2D eigenvalue weighted by Gasteiger charge is -2.01. The molecule has 0 atom stereocenters. The number of anilines is 1. The Morgan fingerprint density at radius 2 is 2.12 bits per heavy atom. The van der Waals surface area contributed by atoms with Crippen LogP contribution in [0.1, 0.15) is 17.3 Å². The minimum Gasteiger partial charge on any atom is -0.696 e. The summed E-state index contributed by atoms with van der Waals surface area (Å²) in [5.74, 6) is -0.369. The Labute approximate surface area is 93.1 Å². The molecular formula is C10H13N3O3. The molecule has 0 spiro atoms. The highest BCUT2D eigenvalue weighted by atomic mass is 16.5. The van der Waals surface area contributed by atoms with Gasteiger partial charge in [-0.25, -0.2) is 4.79 Å². The number of benzene rings is 1. The van der Waals surface area contributed by atoms with Crippen LogP contribution in [0.5, 0.6) is 0 Å². The van der Waals surface area contributed by atoms with Gasteiger partial charge >= 0.3 is 5.97 Å². The van der Waals surface area contributed by atoms with E-state index in [4.69, 9.17) is 4.74 Å². The minimum atomic E-state index is -0.369. The molecule has 1 aromatic rings. The van der Waals surface area contributed by atoms with Gasteiger partial charge in [0.25, 0.3) is 0 Å². The van der Waals surface area contributed by atoms with Crippen LogP contribution >= 0.6 is 0 Å². The van der Waals surface area contributed by atoms with E-state index in [0.29, 0.717) is 22.7 Å². The van der Waals surface area contributed by atoms with Crippen molar-refractivity contribution >= 4 is 11.7 Å². The lowest BCUT2D eigenvalue weighted by Crippen LogP contribution is -2.04. The molecule has 86 valence electrons. The highest BCUT2D eigenvalue weighted by molar-refractivity contribution is 5.89. The molecule has 0 aliphatic rings. The Hall–Kier alpha value is -2.11. The van der Waals surface area contributed by atoms with Gasteiger partial charge in [-0.15, -0.1) is 5.43 Å². The number of carbonyl (C=O) groups excluding carboxylic acids is 1. The van der Waals surface area contributed by atoms with Crippen molar-refractivity contribution in [3.63, 3.8) is 0 Å². The predicted octanol–water partition coefficient (Wildman–Crippen LogP) is 1.78. The Bertz CT molecular complexity index is 383. The Morgan fingerprint density at radius 3 is 2.62 bits per heavy atom. The smallest absolute Gasteiger partial charge is 0.338 e. The van der Waals surface area contributed by atoms with E-state index >= 15 is 0 Å². The average molecular weight is 223 g/mol. The maximum Gasteiger partial charge on any atom is 0.338 e. The molecule has 0 bridgehead atoms. The fourth-order valence-electron chi connectivity index (χ4n) is 1.02. The van der Waals surface area contributed by atoms with Crippen molar-refractivity contribution in [1.29, 1.82) is 0 Å². The van der Waals surface area contributed by atoms with Crippen LogP contribution in [0.15, 0.2) is 29.5 Å². The maximum atomic E-state index is 11.3. The maximum absolute atomic E-state index is 11.3. The highest BCUT2D eigenvalue weighted by Crippen LogP contribution is 2.10. The van der Waals surface area contributed by atoms with Crippen molar-refractivity contribution in [2.45, 2.75) is 6.92 Å². The molecule has 16 heavy (non-hydrogen) atoms. The van der Waals surface area contributed by atoms with Crippen LogP contribution in [0, 0.1) is 5.21 Å². The second kappa shape index (κ2) is 5.69. The topological polar surface area (TPSA) is 76.8 Å². The summed E-state index contributed by atoms with van der Waals surface area (Å²) in [4.78, 5) is 11.7. The zero-order chi connectivity index (χ0) is 12.0. The monoisotopic (exact) mass is 223 g/mol. The average Bonchev–Trinajstić information content (AvgIpc) is 2.27. The summed E-state index contributed by atoms with van der Waals surface area (Å²) >= 11 is 0. The fourth-order valence-corrected chi connectivity index (χ4v) is 1.02. The third-order valence-electron chi connectivity index (χ3n) is 1.72. The van der Waals surface area contributed by atoms with Crippen LogP contribution < -0.4 is 5.43 Å². The first-order chi connectivity index (χ1) is 7.63. The van der Waals surface area contributed by atoms with Crippen molar-refractivity contribution < 1.29 is 14.4 Å². The Morgan fingerprint density at radius 1 is 1.50 bits per heavy atom. The minimum absolute atomic E-state index is 0.342. The molecule has 0 heterocycles. The quantitative estimate of drug-likeness (QED) is 0.365. The summed E-state index contributed by atoms with van der Waals surface area (Å²) in [6, 6.07) is 6.47. The van der Waals surface area contributed by atoms with Crippen molar-refractivity contribution in [3.8, 4) is 0 Å². The normalized spacial score (nSPS) is 11.0. The number of nitrogens with one attached hydrogen (secondary N) is 1. The van der Waals surface area contributed by atoms with Gasteiger partial charge in [-0.05, 0) is 31.2 Å². The molecule has 0 saturated carbocycles. The van der Waals surface area contributed by atoms with Gasteiger partial charge in [0.05, 0.1) is 17.4 Å². The fraction of sp³-hybridized carbons (Fsp3) is 0.300. The SMILES string of the molecule is CCOC(=O)c1ccc(N/N=[N+](/C)[O-])cc1. The standard InChI is InChI=1S/C10H13N3O3/c1-3-16-10(14)8-4-6-9(7-5-8)11-12-13(2)15/h4-7,11H,3H2,1-2H3/b13-12-. The molecular weight excluding hydrogens is 210 g/mol. The zero-order valence-electron chi connectivity index (χ0n) is 9.14. The summed E-state index contributed by atoms with van der Waals surface area (Å²) in [5, 5.41) is 13.9. The number of carbonyl (C=O) groups is 1. The van der Waals surface area contributed by atoms with Crippen molar-refractivity contribution in [2.75, 3.05) is 19.1 Å². The number of hydrogen-bond acceptors (Lipinski definition) is 4. The van der Waals surface area contributed by atoms with Gasteiger partial charge in [0, 0.05) is 0 Å². The molecule has 0 aliphatic carbocycles. The number of hydroxylamine groups is 1. The van der Waals surface area contributed by atoms with Crippen LogP contribution in [-0.4, -0.2) is 24.5 Å². The molecule has 0 fully saturated rings. The van der Waals surface area contributed by atoms with Gasteiger partial charge in [0.2, 0.25) is 0 Å². The van der Waals surface area contributed by atoms with E-state index in [1.807, 2.05) is 0 Å². The molecule has 0 radical (unpaired) electrons. The first-order valence-electron chi connectivity index (χ1n) is 4.78. The van der Waals surface area contributed by atoms with Gasteiger partial charge in [0.15, 0.2) is 0 Å². The highest BCUT2D eigenvalue weighted by Gasteiger charge is 2.06. The lowest BCUT2D eigenvalue weighted by molar-refractivity contribution is -0.497. The van der Waals surface area contributed by atoms with Crippen LogP contribution in [0.3, 0.4) is 0 Å². The van der Waals surface area contributed by atoms with E-state index in [1.165, 1.54) is 7.05 Å². The summed E-state index contributed by atoms with van der Waals surface area (Å²) in [6.45, 7) is 2.09. The third kappa shape index (κ3) is 3.56. The number of esters is 1. The first kappa shape index (κ1) is 12.0. The van der Waals surface area contributed by atoms with Gasteiger partial charge in [-0.1, -0.05) is 0 Å². The molecule has 1 N–H and O–H groups in total. The lowest BCUT2D eigenvalue weighted by atomic mass is 10.2. The van der Waals surface area contributed by atoms with E-state index in [9.17, 15) is 10.0 Å². The van der Waals surface area contributed by atoms with E-state index in [1.54, 1.807) is 31.2 Å². The number of rotatable bonds is 4. The molecule has 0 aliphatic heterocycles. The second-order valence-corrected chi connectivity index (χ2v) is 2.97. The predicted molar refractivity (Wildman–Crippen MR) is 58.0 cm³/mol. The van der Waals surface area contributed by atoms with Crippen molar-refractivity contribution in [1.82, 2.24) is 0 Å². The van der Waals surface area contributed by atoms with Crippen LogP contribution in [-0.2, 0) is 4.74 Å². The van der Waals surface area contributed by atoms with E-state index in [0.717, 1.165) is 0 Å².